The third-order valence-corrected chi connectivity index (χ3v) is 1.26. The van der Waals surface area contributed by atoms with Crippen LogP contribution in [0.1, 0.15) is 5.56 Å². The van der Waals surface area contributed by atoms with Crippen molar-refractivity contribution in [3.05, 3.63) is 23.9 Å². The zero-order chi connectivity index (χ0) is 8.27. The standard InChI is InChI=1S/C7H10N4/c1-5-3-2-4-10-6(5)11-7(8)9/h2-4H,1H3,(H4,8,9,10,11). The van der Waals surface area contributed by atoms with Crippen LogP contribution in [0.5, 0.6) is 0 Å². The minimum atomic E-state index is -0.0909. The Balaban J connectivity index is 2.86. The second kappa shape index (κ2) is 3.01. The summed E-state index contributed by atoms with van der Waals surface area (Å²) in [6.07, 6.45) is 1.65. The molecule has 0 saturated heterocycles. The molecule has 0 radical (unpaired) electrons. The number of nitrogens with two attached hydrogens (primary N) is 1. The van der Waals surface area contributed by atoms with Gasteiger partial charge in [-0.3, -0.25) is 5.41 Å². The Morgan fingerprint density at radius 3 is 3.00 bits per heavy atom. The Morgan fingerprint density at radius 2 is 2.45 bits per heavy atom. The van der Waals surface area contributed by atoms with E-state index >= 15 is 0 Å². The predicted octanol–water partition coefficient (Wildman–Crippen LogP) is 0.695. The lowest BCUT2D eigenvalue weighted by atomic mass is 10.3. The van der Waals surface area contributed by atoms with Crippen LogP contribution < -0.4 is 11.1 Å². The summed E-state index contributed by atoms with van der Waals surface area (Å²) in [4.78, 5) is 3.99. The molecule has 1 rings (SSSR count). The van der Waals surface area contributed by atoms with Crippen molar-refractivity contribution >= 4 is 11.8 Å². The highest BCUT2D eigenvalue weighted by atomic mass is 15.1. The lowest BCUT2D eigenvalue weighted by Gasteiger charge is -2.04. The average Bonchev–Trinajstić information content (AvgIpc) is 1.93. The summed E-state index contributed by atoms with van der Waals surface area (Å²) in [5.74, 6) is 0.548. The Morgan fingerprint density at radius 1 is 1.73 bits per heavy atom. The Kier molecular flexibility index (Phi) is 2.06. The maximum absolute atomic E-state index is 6.96. The van der Waals surface area contributed by atoms with Crippen LogP contribution >= 0.6 is 0 Å². The molecular weight excluding hydrogens is 140 g/mol. The number of nitrogens with one attached hydrogen (secondary N) is 2. The molecule has 4 heteroatoms. The lowest BCUT2D eigenvalue weighted by molar-refractivity contribution is 1.25. The van der Waals surface area contributed by atoms with Crippen LogP contribution in [0.3, 0.4) is 0 Å². The van der Waals surface area contributed by atoms with Gasteiger partial charge in [-0.1, -0.05) is 6.07 Å². The summed E-state index contributed by atoms with van der Waals surface area (Å²) in [5.41, 5.74) is 6.10. The number of hydrogen-bond donors (Lipinski definition) is 3. The second-order valence-corrected chi connectivity index (χ2v) is 2.21. The summed E-state index contributed by atoms with van der Waals surface area (Å²) in [5, 5.41) is 9.58. The van der Waals surface area contributed by atoms with Gasteiger partial charge in [0.1, 0.15) is 5.82 Å². The number of rotatable bonds is 1. The van der Waals surface area contributed by atoms with Crippen molar-refractivity contribution in [2.24, 2.45) is 5.73 Å². The molecule has 0 aliphatic rings. The van der Waals surface area contributed by atoms with E-state index in [2.05, 4.69) is 10.3 Å². The zero-order valence-electron chi connectivity index (χ0n) is 6.26. The lowest BCUT2D eigenvalue weighted by Crippen LogP contribution is -2.21. The fourth-order valence-corrected chi connectivity index (χ4v) is 0.744. The van der Waals surface area contributed by atoms with Gasteiger partial charge < -0.3 is 11.1 Å². The fourth-order valence-electron chi connectivity index (χ4n) is 0.744. The van der Waals surface area contributed by atoms with Crippen LogP contribution in [0.2, 0.25) is 0 Å². The van der Waals surface area contributed by atoms with Crippen molar-refractivity contribution in [3.63, 3.8) is 0 Å². The van der Waals surface area contributed by atoms with Gasteiger partial charge in [0.25, 0.3) is 0 Å². The molecule has 1 heterocycles. The van der Waals surface area contributed by atoms with E-state index in [0.29, 0.717) is 5.82 Å². The van der Waals surface area contributed by atoms with Crippen molar-refractivity contribution < 1.29 is 0 Å². The molecule has 0 fully saturated rings. The summed E-state index contributed by atoms with van der Waals surface area (Å²) in [7, 11) is 0. The minimum absolute atomic E-state index is 0.0909. The molecule has 0 unspecified atom stereocenters. The number of aryl methyl sites for hydroxylation is 1. The molecule has 4 nitrogen and oxygen atoms in total. The predicted molar refractivity (Wildman–Crippen MR) is 44.5 cm³/mol. The molecule has 4 N–H and O–H groups in total. The maximum atomic E-state index is 6.96. The molecule has 0 amide bonds. The van der Waals surface area contributed by atoms with E-state index in [1.807, 2.05) is 19.1 Å². The van der Waals surface area contributed by atoms with Crippen LogP contribution in [0.4, 0.5) is 5.82 Å². The van der Waals surface area contributed by atoms with E-state index in [4.69, 9.17) is 11.1 Å². The van der Waals surface area contributed by atoms with Gasteiger partial charge in [0.2, 0.25) is 0 Å². The van der Waals surface area contributed by atoms with Gasteiger partial charge in [0, 0.05) is 6.20 Å². The molecule has 0 atom stereocenters. The van der Waals surface area contributed by atoms with Crippen LogP contribution in [-0.2, 0) is 0 Å². The Labute approximate surface area is 65.0 Å². The summed E-state index contributed by atoms with van der Waals surface area (Å²) in [6, 6.07) is 3.74. The number of guanidine groups is 1. The molecule has 0 aliphatic heterocycles. The molecule has 58 valence electrons. The van der Waals surface area contributed by atoms with E-state index in [-0.39, 0.29) is 5.96 Å². The van der Waals surface area contributed by atoms with Gasteiger partial charge in [-0.25, -0.2) is 4.98 Å². The molecule has 0 aromatic carbocycles. The van der Waals surface area contributed by atoms with Gasteiger partial charge >= 0.3 is 0 Å². The van der Waals surface area contributed by atoms with Gasteiger partial charge in [-0.15, -0.1) is 0 Å². The first kappa shape index (κ1) is 7.53. The smallest absolute Gasteiger partial charge is 0.191 e. The first-order chi connectivity index (χ1) is 5.20. The second-order valence-electron chi connectivity index (χ2n) is 2.21. The van der Waals surface area contributed by atoms with Crippen LogP contribution in [0.15, 0.2) is 18.3 Å². The normalized spacial score (nSPS) is 9.18. The summed E-state index contributed by atoms with van der Waals surface area (Å²) >= 11 is 0. The Bertz CT molecular complexity index is 269. The highest BCUT2D eigenvalue weighted by molar-refractivity contribution is 5.89. The Hall–Kier alpha value is -1.58. The molecule has 0 bridgehead atoms. The van der Waals surface area contributed by atoms with Crippen molar-refractivity contribution in [1.29, 1.82) is 5.41 Å². The number of pyridine rings is 1. The maximum Gasteiger partial charge on any atom is 0.191 e. The monoisotopic (exact) mass is 150 g/mol. The van der Waals surface area contributed by atoms with Crippen molar-refractivity contribution in [1.82, 2.24) is 4.98 Å². The van der Waals surface area contributed by atoms with E-state index in [1.54, 1.807) is 6.20 Å². The quantitative estimate of drug-likeness (QED) is 0.407. The van der Waals surface area contributed by atoms with Crippen LogP contribution in [0, 0.1) is 12.3 Å². The van der Waals surface area contributed by atoms with E-state index in [0.717, 1.165) is 5.56 Å². The third-order valence-electron chi connectivity index (χ3n) is 1.26. The van der Waals surface area contributed by atoms with Crippen molar-refractivity contribution in [2.45, 2.75) is 6.92 Å². The summed E-state index contributed by atoms with van der Waals surface area (Å²) < 4.78 is 0. The zero-order valence-corrected chi connectivity index (χ0v) is 6.26. The van der Waals surface area contributed by atoms with Gasteiger partial charge in [-0.05, 0) is 18.6 Å². The highest BCUT2D eigenvalue weighted by Gasteiger charge is 1.96. The van der Waals surface area contributed by atoms with Crippen molar-refractivity contribution in [3.8, 4) is 0 Å². The molecule has 0 aliphatic carbocycles. The highest BCUT2D eigenvalue weighted by Crippen LogP contribution is 2.07. The van der Waals surface area contributed by atoms with Crippen LogP contribution in [-0.4, -0.2) is 10.9 Å². The SMILES string of the molecule is Cc1cccnc1NC(=N)N. The number of aromatic nitrogens is 1. The minimum Gasteiger partial charge on any atom is -0.370 e. The number of hydrogen-bond acceptors (Lipinski definition) is 2. The van der Waals surface area contributed by atoms with E-state index < -0.39 is 0 Å². The van der Waals surface area contributed by atoms with Crippen molar-refractivity contribution in [2.75, 3.05) is 5.32 Å². The number of nitrogens with zero attached hydrogens (tertiary/aromatic N) is 1. The summed E-state index contributed by atoms with van der Waals surface area (Å²) in [6.45, 7) is 1.90. The van der Waals surface area contributed by atoms with Crippen LogP contribution in [0.25, 0.3) is 0 Å². The average molecular weight is 150 g/mol. The largest absolute Gasteiger partial charge is 0.370 e. The number of anilines is 1. The molecule has 11 heavy (non-hydrogen) atoms. The van der Waals surface area contributed by atoms with E-state index in [1.165, 1.54) is 0 Å². The van der Waals surface area contributed by atoms with Gasteiger partial charge in [0.15, 0.2) is 5.96 Å². The topological polar surface area (TPSA) is 74.8 Å². The van der Waals surface area contributed by atoms with E-state index in [9.17, 15) is 0 Å². The molecule has 1 aromatic heterocycles. The molecule has 1 aromatic rings. The fraction of sp³-hybridized carbons (Fsp3) is 0.143. The molecule has 0 spiro atoms. The third kappa shape index (κ3) is 1.93. The van der Waals surface area contributed by atoms with Gasteiger partial charge in [0.05, 0.1) is 0 Å². The molecule has 0 saturated carbocycles. The first-order valence-corrected chi connectivity index (χ1v) is 3.23. The first-order valence-electron chi connectivity index (χ1n) is 3.23. The van der Waals surface area contributed by atoms with Gasteiger partial charge in [-0.2, -0.15) is 0 Å². The molecular formula is C7H10N4.